The summed E-state index contributed by atoms with van der Waals surface area (Å²) >= 11 is 6.15. The third kappa shape index (κ3) is 2.06. The number of aromatic amines is 1. The van der Waals surface area contributed by atoms with Gasteiger partial charge in [0.15, 0.2) is 0 Å². The number of aromatic nitrogens is 2. The summed E-state index contributed by atoms with van der Waals surface area (Å²) in [6.07, 6.45) is 5.13. The molecule has 1 aromatic heterocycles. The Morgan fingerprint density at radius 3 is 2.71 bits per heavy atom. The van der Waals surface area contributed by atoms with E-state index in [1.165, 1.54) is 25.7 Å². The van der Waals surface area contributed by atoms with E-state index >= 15 is 0 Å². The molecular formula is C14H17ClN2. The van der Waals surface area contributed by atoms with Gasteiger partial charge >= 0.3 is 0 Å². The Morgan fingerprint density at radius 1 is 1.24 bits per heavy atom. The van der Waals surface area contributed by atoms with Crippen molar-refractivity contribution in [1.82, 2.24) is 9.97 Å². The fraction of sp³-hybridized carbons (Fsp3) is 0.500. The first-order valence-electron chi connectivity index (χ1n) is 6.38. The highest BCUT2D eigenvalue weighted by atomic mass is 35.5. The van der Waals surface area contributed by atoms with E-state index in [1.54, 1.807) is 0 Å². The largest absolute Gasteiger partial charge is 0.342 e. The van der Waals surface area contributed by atoms with Crippen LogP contribution in [0, 0.1) is 5.92 Å². The predicted octanol–water partition coefficient (Wildman–Crippen LogP) is 4.51. The number of hydrogen-bond acceptors (Lipinski definition) is 1. The summed E-state index contributed by atoms with van der Waals surface area (Å²) in [6.45, 7) is 2.34. The molecule has 3 rings (SSSR count). The maximum absolute atomic E-state index is 6.15. The van der Waals surface area contributed by atoms with Crippen LogP contribution in [-0.4, -0.2) is 9.97 Å². The molecule has 0 spiro atoms. The molecule has 3 heteroatoms. The number of para-hydroxylation sites is 1. The second-order valence-electron chi connectivity index (χ2n) is 5.21. The minimum absolute atomic E-state index is 0.592. The molecule has 1 aliphatic carbocycles. The first-order chi connectivity index (χ1) is 8.24. The molecule has 1 heterocycles. The Hall–Kier alpha value is -1.02. The van der Waals surface area contributed by atoms with E-state index in [2.05, 4.69) is 16.9 Å². The Balaban J connectivity index is 1.93. The maximum Gasteiger partial charge on any atom is 0.110 e. The van der Waals surface area contributed by atoms with Crippen LogP contribution in [0.15, 0.2) is 18.2 Å². The van der Waals surface area contributed by atoms with Gasteiger partial charge in [0.1, 0.15) is 11.3 Å². The molecule has 1 fully saturated rings. The first kappa shape index (κ1) is 11.1. The molecular weight excluding hydrogens is 232 g/mol. The minimum atomic E-state index is 0.592. The number of hydrogen-bond donors (Lipinski definition) is 1. The van der Waals surface area contributed by atoms with Crippen LogP contribution in [-0.2, 0) is 0 Å². The molecule has 0 unspecified atom stereocenters. The SMILES string of the molecule is CC1CCC(c2nc3c(Cl)cccc3[nH]2)CC1. The van der Waals surface area contributed by atoms with E-state index in [0.29, 0.717) is 5.92 Å². The van der Waals surface area contributed by atoms with Gasteiger partial charge in [0, 0.05) is 5.92 Å². The Morgan fingerprint density at radius 2 is 2.00 bits per heavy atom. The summed E-state index contributed by atoms with van der Waals surface area (Å²) in [4.78, 5) is 8.10. The lowest BCUT2D eigenvalue weighted by Gasteiger charge is -2.24. The molecule has 0 radical (unpaired) electrons. The quantitative estimate of drug-likeness (QED) is 0.790. The minimum Gasteiger partial charge on any atom is -0.342 e. The molecule has 0 bridgehead atoms. The smallest absolute Gasteiger partial charge is 0.110 e. The molecule has 2 nitrogen and oxygen atoms in total. The van der Waals surface area contributed by atoms with E-state index < -0.39 is 0 Å². The van der Waals surface area contributed by atoms with Gasteiger partial charge in [-0.2, -0.15) is 0 Å². The molecule has 1 aliphatic rings. The Kier molecular flexibility index (Phi) is 2.83. The molecule has 2 aromatic rings. The topological polar surface area (TPSA) is 28.7 Å². The summed E-state index contributed by atoms with van der Waals surface area (Å²) in [5.41, 5.74) is 1.98. The van der Waals surface area contributed by atoms with Gasteiger partial charge in [-0.3, -0.25) is 0 Å². The lowest BCUT2D eigenvalue weighted by Crippen LogP contribution is -2.11. The van der Waals surface area contributed by atoms with Crippen LogP contribution in [0.3, 0.4) is 0 Å². The van der Waals surface area contributed by atoms with Crippen molar-refractivity contribution in [3.05, 3.63) is 29.0 Å². The number of imidazole rings is 1. The van der Waals surface area contributed by atoms with Crippen molar-refractivity contribution in [3.8, 4) is 0 Å². The first-order valence-corrected chi connectivity index (χ1v) is 6.76. The second kappa shape index (κ2) is 4.34. The summed E-state index contributed by atoms with van der Waals surface area (Å²) in [5, 5.41) is 0.745. The fourth-order valence-corrected chi connectivity index (χ4v) is 2.96. The Bertz CT molecular complexity index is 524. The highest BCUT2D eigenvalue weighted by Crippen LogP contribution is 2.35. The van der Waals surface area contributed by atoms with Crippen molar-refractivity contribution in [2.45, 2.75) is 38.5 Å². The van der Waals surface area contributed by atoms with Crippen LogP contribution in [0.25, 0.3) is 11.0 Å². The van der Waals surface area contributed by atoms with Crippen LogP contribution >= 0.6 is 11.6 Å². The number of rotatable bonds is 1. The monoisotopic (exact) mass is 248 g/mol. The number of fused-ring (bicyclic) bond motifs is 1. The standard InChI is InChI=1S/C14H17ClN2/c1-9-5-7-10(8-6-9)14-16-12-4-2-3-11(15)13(12)17-14/h2-4,9-10H,5-8H2,1H3,(H,16,17). The van der Waals surface area contributed by atoms with Gasteiger partial charge in [0.2, 0.25) is 0 Å². The lowest BCUT2D eigenvalue weighted by atomic mass is 9.83. The number of halogens is 1. The fourth-order valence-electron chi connectivity index (χ4n) is 2.74. The van der Waals surface area contributed by atoms with Crippen molar-refractivity contribution in [2.75, 3.05) is 0 Å². The van der Waals surface area contributed by atoms with Crippen LogP contribution < -0.4 is 0 Å². The molecule has 1 aromatic carbocycles. The van der Waals surface area contributed by atoms with E-state index in [9.17, 15) is 0 Å². The van der Waals surface area contributed by atoms with E-state index in [4.69, 9.17) is 11.6 Å². The predicted molar refractivity (Wildman–Crippen MR) is 71.5 cm³/mol. The van der Waals surface area contributed by atoms with E-state index in [1.807, 2.05) is 18.2 Å². The zero-order valence-corrected chi connectivity index (χ0v) is 10.8. The van der Waals surface area contributed by atoms with Crippen LogP contribution in [0.5, 0.6) is 0 Å². The highest BCUT2D eigenvalue weighted by Gasteiger charge is 2.22. The van der Waals surface area contributed by atoms with E-state index in [-0.39, 0.29) is 0 Å². The van der Waals surface area contributed by atoms with Gasteiger partial charge < -0.3 is 4.98 Å². The van der Waals surface area contributed by atoms with Gasteiger partial charge in [-0.25, -0.2) is 4.98 Å². The number of H-pyrrole nitrogens is 1. The van der Waals surface area contributed by atoms with Crippen molar-refractivity contribution < 1.29 is 0 Å². The third-order valence-corrected chi connectivity index (χ3v) is 4.19. The number of benzene rings is 1. The van der Waals surface area contributed by atoms with Crippen LogP contribution in [0.2, 0.25) is 5.02 Å². The normalized spacial score (nSPS) is 25.3. The molecule has 0 amide bonds. The summed E-state index contributed by atoms with van der Waals surface area (Å²) in [6, 6.07) is 5.91. The van der Waals surface area contributed by atoms with Crippen LogP contribution in [0.1, 0.15) is 44.3 Å². The van der Waals surface area contributed by atoms with Gasteiger partial charge in [-0.05, 0) is 30.9 Å². The molecule has 1 saturated carbocycles. The van der Waals surface area contributed by atoms with E-state index in [0.717, 1.165) is 27.8 Å². The van der Waals surface area contributed by atoms with Crippen molar-refractivity contribution in [2.24, 2.45) is 5.92 Å². The van der Waals surface area contributed by atoms with Gasteiger partial charge in [-0.15, -0.1) is 0 Å². The second-order valence-corrected chi connectivity index (χ2v) is 5.62. The van der Waals surface area contributed by atoms with Gasteiger partial charge in [-0.1, -0.05) is 37.4 Å². The molecule has 0 atom stereocenters. The lowest BCUT2D eigenvalue weighted by molar-refractivity contribution is 0.341. The molecule has 0 aliphatic heterocycles. The van der Waals surface area contributed by atoms with Gasteiger partial charge in [0.25, 0.3) is 0 Å². The molecule has 17 heavy (non-hydrogen) atoms. The van der Waals surface area contributed by atoms with Crippen LogP contribution in [0.4, 0.5) is 0 Å². The number of nitrogens with one attached hydrogen (secondary N) is 1. The summed E-state index contributed by atoms with van der Waals surface area (Å²) < 4.78 is 0. The average Bonchev–Trinajstić information content (AvgIpc) is 2.75. The number of nitrogens with zero attached hydrogens (tertiary/aromatic N) is 1. The van der Waals surface area contributed by atoms with Crippen molar-refractivity contribution in [1.29, 1.82) is 0 Å². The average molecular weight is 249 g/mol. The third-order valence-electron chi connectivity index (χ3n) is 3.88. The summed E-state index contributed by atoms with van der Waals surface area (Å²) in [7, 11) is 0. The van der Waals surface area contributed by atoms with Crippen molar-refractivity contribution in [3.63, 3.8) is 0 Å². The van der Waals surface area contributed by atoms with Gasteiger partial charge in [0.05, 0.1) is 10.5 Å². The zero-order valence-electron chi connectivity index (χ0n) is 10.0. The summed E-state index contributed by atoms with van der Waals surface area (Å²) in [5.74, 6) is 2.59. The molecule has 0 saturated heterocycles. The maximum atomic E-state index is 6.15. The molecule has 1 N–H and O–H groups in total. The zero-order chi connectivity index (χ0) is 11.8. The molecule has 90 valence electrons. The van der Waals surface area contributed by atoms with Crippen molar-refractivity contribution >= 4 is 22.6 Å². The Labute approximate surface area is 106 Å². The highest BCUT2D eigenvalue weighted by molar-refractivity contribution is 6.34.